The zero-order valence-electron chi connectivity index (χ0n) is 15.4. The van der Waals surface area contributed by atoms with Crippen LogP contribution in [0.25, 0.3) is 0 Å². The lowest BCUT2D eigenvalue weighted by Gasteiger charge is -2.05. The van der Waals surface area contributed by atoms with Crippen LogP contribution in [-0.4, -0.2) is 36.3 Å². The Labute approximate surface area is 152 Å². The lowest BCUT2D eigenvalue weighted by atomic mass is 10.1. The summed E-state index contributed by atoms with van der Waals surface area (Å²) < 4.78 is 10.4. The molecular weight excluding hydrogens is 334 g/mol. The fraction of sp³-hybridized carbons (Fsp3) is 0.316. The van der Waals surface area contributed by atoms with Crippen molar-refractivity contribution in [2.24, 2.45) is 5.10 Å². The van der Waals surface area contributed by atoms with Gasteiger partial charge in [0.15, 0.2) is 6.61 Å². The van der Waals surface area contributed by atoms with Crippen molar-refractivity contribution in [1.82, 2.24) is 10.4 Å². The molecule has 0 fully saturated rings. The Balaban J connectivity index is 1.92. The van der Waals surface area contributed by atoms with Crippen molar-refractivity contribution in [2.75, 3.05) is 13.2 Å². The highest BCUT2D eigenvalue weighted by atomic mass is 16.5. The number of nitrogens with one attached hydrogen (secondary N) is 2. The normalized spacial score (nSPS) is 10.8. The molecule has 138 valence electrons. The second-order valence-electron chi connectivity index (χ2n) is 5.78. The number of hydrogen-bond acceptors (Lipinski definition) is 5. The summed E-state index contributed by atoms with van der Waals surface area (Å²) in [5.74, 6) is -0.137. The van der Waals surface area contributed by atoms with Gasteiger partial charge in [0.25, 0.3) is 5.91 Å². The van der Waals surface area contributed by atoms with Gasteiger partial charge < -0.3 is 14.5 Å². The molecule has 2 N–H and O–H groups in total. The van der Waals surface area contributed by atoms with E-state index in [4.69, 9.17) is 9.47 Å². The molecule has 0 bridgehead atoms. The maximum Gasteiger partial charge on any atom is 0.340 e. The van der Waals surface area contributed by atoms with Crippen molar-refractivity contribution in [3.8, 4) is 5.75 Å². The minimum absolute atomic E-state index is 0.141. The molecule has 0 aliphatic carbocycles. The van der Waals surface area contributed by atoms with Crippen LogP contribution in [0.3, 0.4) is 0 Å². The first-order valence-electron chi connectivity index (χ1n) is 8.30. The summed E-state index contributed by atoms with van der Waals surface area (Å²) in [4.78, 5) is 26.8. The summed E-state index contributed by atoms with van der Waals surface area (Å²) >= 11 is 0. The quantitative estimate of drug-likeness (QED) is 0.453. The molecule has 0 atom stereocenters. The van der Waals surface area contributed by atoms with E-state index in [1.54, 1.807) is 26.8 Å². The Morgan fingerprint density at radius 3 is 2.73 bits per heavy atom. The standard InChI is InChI=1S/C19H23N3O4/c1-5-25-19(24)18-13(3)16(21-14(18)4)10-20-22-17(23)11-26-15-8-6-7-12(2)9-15/h6-10,21H,5,11H2,1-4H3,(H,22,23)/b20-10+. The fourth-order valence-electron chi connectivity index (χ4n) is 2.47. The zero-order chi connectivity index (χ0) is 19.1. The third-order valence-corrected chi connectivity index (χ3v) is 3.70. The van der Waals surface area contributed by atoms with E-state index in [0.717, 1.165) is 11.1 Å². The number of carbonyl (C=O) groups is 2. The molecule has 7 nitrogen and oxygen atoms in total. The van der Waals surface area contributed by atoms with Crippen LogP contribution in [0.1, 0.15) is 39.8 Å². The molecule has 0 radical (unpaired) electrons. The Morgan fingerprint density at radius 2 is 2.04 bits per heavy atom. The van der Waals surface area contributed by atoms with Crippen LogP contribution in [0, 0.1) is 20.8 Å². The fourth-order valence-corrected chi connectivity index (χ4v) is 2.47. The summed E-state index contributed by atoms with van der Waals surface area (Å²) in [5, 5.41) is 3.90. The number of benzene rings is 1. The highest BCUT2D eigenvalue weighted by Gasteiger charge is 2.18. The van der Waals surface area contributed by atoms with Gasteiger partial charge in [0.05, 0.1) is 24.1 Å². The van der Waals surface area contributed by atoms with E-state index in [0.29, 0.717) is 29.3 Å². The molecule has 0 saturated heterocycles. The summed E-state index contributed by atoms with van der Waals surface area (Å²) in [6, 6.07) is 7.44. The number of hydrogen-bond donors (Lipinski definition) is 2. The number of nitrogens with zero attached hydrogens (tertiary/aromatic N) is 1. The van der Waals surface area contributed by atoms with Crippen molar-refractivity contribution in [3.63, 3.8) is 0 Å². The predicted octanol–water partition coefficient (Wildman–Crippen LogP) is 2.65. The van der Waals surface area contributed by atoms with Gasteiger partial charge >= 0.3 is 5.97 Å². The van der Waals surface area contributed by atoms with Crippen molar-refractivity contribution >= 4 is 18.1 Å². The minimum atomic E-state index is -0.381. The molecule has 1 heterocycles. The molecule has 0 saturated carbocycles. The first-order valence-corrected chi connectivity index (χ1v) is 8.30. The number of amides is 1. The number of aryl methyl sites for hydroxylation is 2. The number of aromatic nitrogens is 1. The summed E-state index contributed by atoms with van der Waals surface area (Å²) in [5.41, 5.74) is 5.97. The van der Waals surface area contributed by atoms with E-state index in [1.807, 2.05) is 25.1 Å². The zero-order valence-corrected chi connectivity index (χ0v) is 15.4. The molecule has 0 aliphatic heterocycles. The number of ether oxygens (including phenoxy) is 2. The van der Waals surface area contributed by atoms with Crippen LogP contribution in [0.15, 0.2) is 29.4 Å². The van der Waals surface area contributed by atoms with Crippen LogP contribution >= 0.6 is 0 Å². The number of H-pyrrole nitrogens is 1. The van der Waals surface area contributed by atoms with Crippen LogP contribution < -0.4 is 10.2 Å². The number of carbonyl (C=O) groups excluding carboxylic acids is 2. The average molecular weight is 357 g/mol. The van der Waals surface area contributed by atoms with Gasteiger partial charge in [-0.3, -0.25) is 4.79 Å². The van der Waals surface area contributed by atoms with Crippen LogP contribution in [0.2, 0.25) is 0 Å². The largest absolute Gasteiger partial charge is 0.484 e. The molecule has 2 aromatic rings. The molecule has 1 aromatic carbocycles. The van der Waals surface area contributed by atoms with Gasteiger partial charge in [-0.2, -0.15) is 5.10 Å². The van der Waals surface area contributed by atoms with E-state index in [-0.39, 0.29) is 18.5 Å². The first-order chi connectivity index (χ1) is 12.4. The third kappa shape index (κ3) is 4.95. The molecule has 7 heteroatoms. The van der Waals surface area contributed by atoms with E-state index < -0.39 is 0 Å². The second-order valence-corrected chi connectivity index (χ2v) is 5.78. The van der Waals surface area contributed by atoms with Crippen molar-refractivity contribution in [1.29, 1.82) is 0 Å². The van der Waals surface area contributed by atoms with E-state index in [1.165, 1.54) is 6.21 Å². The summed E-state index contributed by atoms with van der Waals surface area (Å²) in [6.45, 7) is 7.44. The summed E-state index contributed by atoms with van der Waals surface area (Å²) in [6.07, 6.45) is 1.45. The number of hydrazone groups is 1. The van der Waals surface area contributed by atoms with E-state index >= 15 is 0 Å². The smallest absolute Gasteiger partial charge is 0.340 e. The van der Waals surface area contributed by atoms with Gasteiger partial charge in [0.2, 0.25) is 0 Å². The molecule has 0 unspecified atom stereocenters. The van der Waals surface area contributed by atoms with Gasteiger partial charge in [-0.15, -0.1) is 0 Å². The topological polar surface area (TPSA) is 92.8 Å². The highest BCUT2D eigenvalue weighted by molar-refractivity contribution is 5.96. The predicted molar refractivity (Wildman–Crippen MR) is 98.6 cm³/mol. The number of esters is 1. The number of rotatable bonds is 7. The van der Waals surface area contributed by atoms with E-state index in [2.05, 4.69) is 15.5 Å². The lowest BCUT2D eigenvalue weighted by molar-refractivity contribution is -0.123. The molecule has 0 spiro atoms. The molecular formula is C19H23N3O4. The monoisotopic (exact) mass is 357 g/mol. The van der Waals surface area contributed by atoms with Gasteiger partial charge in [-0.1, -0.05) is 12.1 Å². The Bertz CT molecular complexity index is 824. The Morgan fingerprint density at radius 1 is 1.27 bits per heavy atom. The van der Waals surface area contributed by atoms with Gasteiger partial charge in [-0.05, 0) is 51.0 Å². The van der Waals surface area contributed by atoms with Crippen LogP contribution in [0.5, 0.6) is 5.75 Å². The van der Waals surface area contributed by atoms with Gasteiger partial charge in [0.1, 0.15) is 5.75 Å². The Hall–Kier alpha value is -3.09. The second kappa shape index (κ2) is 8.84. The van der Waals surface area contributed by atoms with Crippen LogP contribution in [0.4, 0.5) is 0 Å². The maximum atomic E-state index is 12.0. The molecule has 1 amide bonds. The van der Waals surface area contributed by atoms with Crippen molar-refractivity contribution < 1.29 is 19.1 Å². The van der Waals surface area contributed by atoms with Crippen LogP contribution in [-0.2, 0) is 9.53 Å². The lowest BCUT2D eigenvalue weighted by Crippen LogP contribution is -2.24. The molecule has 1 aromatic heterocycles. The average Bonchev–Trinajstić information content (AvgIpc) is 2.87. The Kier molecular flexibility index (Phi) is 6.54. The maximum absolute atomic E-state index is 12.0. The molecule has 0 aliphatic rings. The van der Waals surface area contributed by atoms with Gasteiger partial charge in [0, 0.05) is 5.69 Å². The molecule has 2 rings (SSSR count). The highest BCUT2D eigenvalue weighted by Crippen LogP contribution is 2.17. The van der Waals surface area contributed by atoms with E-state index in [9.17, 15) is 9.59 Å². The van der Waals surface area contributed by atoms with Gasteiger partial charge in [-0.25, -0.2) is 10.2 Å². The van der Waals surface area contributed by atoms with Crippen molar-refractivity contribution in [2.45, 2.75) is 27.7 Å². The minimum Gasteiger partial charge on any atom is -0.484 e. The molecule has 26 heavy (non-hydrogen) atoms. The SMILES string of the molecule is CCOC(=O)c1c(C)[nH]c(/C=N/NC(=O)COc2cccc(C)c2)c1C. The number of aromatic amines is 1. The first kappa shape index (κ1) is 19.2. The third-order valence-electron chi connectivity index (χ3n) is 3.70. The van der Waals surface area contributed by atoms with Crippen molar-refractivity contribution in [3.05, 3.63) is 52.3 Å². The summed E-state index contributed by atoms with van der Waals surface area (Å²) in [7, 11) is 0.